The Balaban J connectivity index is 0.00000243. The monoisotopic (exact) mass is 374 g/mol. The standard InChI is InChI=1S/C21H26N2O2.ClH/c22-20(18-9-5-2-6-10-18)15-21(24)23-13-11-19(12-14-23)25-16-17-7-3-1-4-8-17;/h1-10,19-20H,11-16,22H2;1H. The summed E-state index contributed by atoms with van der Waals surface area (Å²) in [7, 11) is 0. The molecule has 3 rings (SSSR count). The number of benzene rings is 2. The van der Waals surface area contributed by atoms with Crippen molar-refractivity contribution in [3.63, 3.8) is 0 Å². The number of nitrogens with zero attached hydrogens (tertiary/aromatic N) is 1. The molecule has 1 unspecified atom stereocenters. The highest BCUT2D eigenvalue weighted by atomic mass is 35.5. The number of halogens is 1. The van der Waals surface area contributed by atoms with Gasteiger partial charge in [-0.25, -0.2) is 0 Å². The molecule has 2 aromatic rings. The van der Waals surface area contributed by atoms with Crippen LogP contribution in [0.4, 0.5) is 0 Å². The number of hydrogen-bond acceptors (Lipinski definition) is 3. The van der Waals surface area contributed by atoms with E-state index in [1.54, 1.807) is 0 Å². The number of piperidine rings is 1. The Bertz CT molecular complexity index is 658. The number of carbonyl (C=O) groups excluding carboxylic acids is 1. The molecule has 1 heterocycles. The minimum atomic E-state index is -0.235. The van der Waals surface area contributed by atoms with E-state index < -0.39 is 0 Å². The smallest absolute Gasteiger partial charge is 0.224 e. The molecule has 0 bridgehead atoms. The molecular formula is C21H27ClN2O2. The lowest BCUT2D eigenvalue weighted by atomic mass is 10.0. The van der Waals surface area contributed by atoms with Crippen LogP contribution < -0.4 is 5.73 Å². The minimum absolute atomic E-state index is 0. The van der Waals surface area contributed by atoms with Gasteiger partial charge in [-0.2, -0.15) is 0 Å². The number of amides is 1. The molecule has 2 aromatic carbocycles. The average molecular weight is 375 g/mol. The first-order valence-corrected chi connectivity index (χ1v) is 8.96. The van der Waals surface area contributed by atoms with Crippen LogP contribution in [0.2, 0.25) is 0 Å². The van der Waals surface area contributed by atoms with Gasteiger partial charge in [-0.05, 0) is 24.0 Å². The lowest BCUT2D eigenvalue weighted by molar-refractivity contribution is -0.134. The van der Waals surface area contributed by atoms with Gasteiger partial charge in [-0.1, -0.05) is 60.7 Å². The largest absolute Gasteiger partial charge is 0.373 e. The Morgan fingerprint density at radius 1 is 1.04 bits per heavy atom. The van der Waals surface area contributed by atoms with Crippen molar-refractivity contribution in [1.82, 2.24) is 4.90 Å². The second kappa shape index (κ2) is 10.3. The Morgan fingerprint density at radius 3 is 2.23 bits per heavy atom. The summed E-state index contributed by atoms with van der Waals surface area (Å²) < 4.78 is 5.98. The van der Waals surface area contributed by atoms with Crippen LogP contribution in [0.5, 0.6) is 0 Å². The van der Waals surface area contributed by atoms with Gasteiger partial charge in [0.1, 0.15) is 0 Å². The van der Waals surface area contributed by atoms with Crippen molar-refractivity contribution >= 4 is 18.3 Å². The first-order valence-electron chi connectivity index (χ1n) is 8.96. The highest BCUT2D eigenvalue weighted by molar-refractivity contribution is 5.85. The van der Waals surface area contributed by atoms with Crippen LogP contribution in [0, 0.1) is 0 Å². The number of carbonyl (C=O) groups is 1. The predicted octanol–water partition coefficient (Wildman–Crippen LogP) is 3.71. The van der Waals surface area contributed by atoms with Gasteiger partial charge >= 0.3 is 0 Å². The molecule has 1 aliphatic heterocycles. The van der Waals surface area contributed by atoms with Crippen molar-refractivity contribution in [1.29, 1.82) is 0 Å². The molecule has 1 saturated heterocycles. The predicted molar refractivity (Wildman–Crippen MR) is 106 cm³/mol. The van der Waals surface area contributed by atoms with Gasteiger partial charge in [0.25, 0.3) is 0 Å². The zero-order valence-electron chi connectivity index (χ0n) is 14.9. The number of ether oxygens (including phenoxy) is 1. The first kappa shape index (κ1) is 20.4. The van der Waals surface area contributed by atoms with Gasteiger partial charge in [0, 0.05) is 25.6 Å². The number of nitrogens with two attached hydrogens (primary N) is 1. The van der Waals surface area contributed by atoms with Gasteiger partial charge in [0.2, 0.25) is 5.91 Å². The maximum absolute atomic E-state index is 12.5. The molecule has 0 radical (unpaired) electrons. The quantitative estimate of drug-likeness (QED) is 0.838. The van der Waals surface area contributed by atoms with Gasteiger partial charge in [-0.3, -0.25) is 4.79 Å². The number of likely N-dealkylation sites (tertiary alicyclic amines) is 1. The minimum Gasteiger partial charge on any atom is -0.373 e. The van der Waals surface area contributed by atoms with E-state index in [1.165, 1.54) is 5.56 Å². The zero-order chi connectivity index (χ0) is 17.5. The van der Waals surface area contributed by atoms with Crippen LogP contribution in [0.1, 0.15) is 36.4 Å². The Morgan fingerprint density at radius 2 is 1.62 bits per heavy atom. The molecular weight excluding hydrogens is 348 g/mol. The molecule has 1 atom stereocenters. The van der Waals surface area contributed by atoms with Crippen LogP contribution in [0.15, 0.2) is 60.7 Å². The van der Waals surface area contributed by atoms with Crippen LogP contribution in [-0.4, -0.2) is 30.0 Å². The van der Waals surface area contributed by atoms with Gasteiger partial charge in [0.05, 0.1) is 12.7 Å². The van der Waals surface area contributed by atoms with E-state index in [1.807, 2.05) is 53.4 Å². The summed E-state index contributed by atoms with van der Waals surface area (Å²) in [6.45, 7) is 2.14. The maximum atomic E-state index is 12.5. The number of hydrogen-bond donors (Lipinski definition) is 1. The molecule has 1 aliphatic rings. The Labute approximate surface area is 161 Å². The van der Waals surface area contributed by atoms with Crippen LogP contribution in [0.25, 0.3) is 0 Å². The van der Waals surface area contributed by atoms with E-state index >= 15 is 0 Å². The summed E-state index contributed by atoms with van der Waals surface area (Å²) in [6, 6.07) is 19.8. The second-order valence-electron chi connectivity index (χ2n) is 6.60. The van der Waals surface area contributed by atoms with Crippen LogP contribution in [0.3, 0.4) is 0 Å². The van der Waals surface area contributed by atoms with Crippen LogP contribution in [-0.2, 0) is 16.1 Å². The number of rotatable bonds is 6. The summed E-state index contributed by atoms with van der Waals surface area (Å²) in [5.74, 6) is 0.137. The molecule has 5 heteroatoms. The molecule has 0 saturated carbocycles. The molecule has 0 spiro atoms. The van der Waals surface area contributed by atoms with E-state index in [9.17, 15) is 4.79 Å². The molecule has 0 aliphatic carbocycles. The van der Waals surface area contributed by atoms with E-state index in [4.69, 9.17) is 10.5 Å². The second-order valence-corrected chi connectivity index (χ2v) is 6.60. The molecule has 0 aromatic heterocycles. The highest BCUT2D eigenvalue weighted by Crippen LogP contribution is 2.19. The lowest BCUT2D eigenvalue weighted by Crippen LogP contribution is -2.41. The van der Waals surface area contributed by atoms with E-state index in [2.05, 4.69) is 12.1 Å². The summed E-state index contributed by atoms with van der Waals surface area (Å²) in [6.07, 6.45) is 2.37. The molecule has 140 valence electrons. The third-order valence-corrected chi connectivity index (χ3v) is 4.75. The van der Waals surface area contributed by atoms with E-state index in [0.29, 0.717) is 13.0 Å². The fourth-order valence-corrected chi connectivity index (χ4v) is 3.20. The third-order valence-electron chi connectivity index (χ3n) is 4.75. The fourth-order valence-electron chi connectivity index (χ4n) is 3.20. The van der Waals surface area contributed by atoms with Crippen molar-refractivity contribution in [3.8, 4) is 0 Å². The lowest BCUT2D eigenvalue weighted by Gasteiger charge is -2.32. The molecule has 26 heavy (non-hydrogen) atoms. The van der Waals surface area contributed by atoms with Crippen molar-refractivity contribution in [3.05, 3.63) is 71.8 Å². The van der Waals surface area contributed by atoms with E-state index in [-0.39, 0.29) is 30.5 Å². The summed E-state index contributed by atoms with van der Waals surface area (Å²) in [5, 5.41) is 0. The normalized spacial score (nSPS) is 16.0. The van der Waals surface area contributed by atoms with Crippen molar-refractivity contribution < 1.29 is 9.53 Å². The van der Waals surface area contributed by atoms with E-state index in [0.717, 1.165) is 31.5 Å². The molecule has 4 nitrogen and oxygen atoms in total. The van der Waals surface area contributed by atoms with Gasteiger partial charge in [-0.15, -0.1) is 12.4 Å². The average Bonchev–Trinajstić information content (AvgIpc) is 2.68. The van der Waals surface area contributed by atoms with Crippen molar-refractivity contribution in [2.75, 3.05) is 13.1 Å². The topological polar surface area (TPSA) is 55.6 Å². The summed E-state index contributed by atoms with van der Waals surface area (Å²) in [5.41, 5.74) is 8.37. The highest BCUT2D eigenvalue weighted by Gasteiger charge is 2.24. The van der Waals surface area contributed by atoms with Gasteiger partial charge in [0.15, 0.2) is 0 Å². The Hall–Kier alpha value is -1.88. The third kappa shape index (κ3) is 5.84. The van der Waals surface area contributed by atoms with Crippen molar-refractivity contribution in [2.24, 2.45) is 5.73 Å². The summed E-state index contributed by atoms with van der Waals surface area (Å²) >= 11 is 0. The summed E-state index contributed by atoms with van der Waals surface area (Å²) in [4.78, 5) is 14.4. The van der Waals surface area contributed by atoms with Crippen molar-refractivity contribution in [2.45, 2.75) is 38.0 Å². The molecule has 2 N–H and O–H groups in total. The zero-order valence-corrected chi connectivity index (χ0v) is 15.7. The molecule has 1 fully saturated rings. The SMILES string of the molecule is Cl.NC(CC(=O)N1CCC(OCc2ccccc2)CC1)c1ccccc1. The fraction of sp³-hybridized carbons (Fsp3) is 0.381. The van der Waals surface area contributed by atoms with Gasteiger partial charge < -0.3 is 15.4 Å². The van der Waals surface area contributed by atoms with Crippen LogP contribution >= 0.6 is 12.4 Å². The molecule has 1 amide bonds. The maximum Gasteiger partial charge on any atom is 0.224 e. The Kier molecular flexibility index (Phi) is 8.10. The first-order chi connectivity index (χ1) is 12.2.